The van der Waals surface area contributed by atoms with Crippen LogP contribution in [0.4, 0.5) is 0 Å². The van der Waals surface area contributed by atoms with Crippen LogP contribution in [0.1, 0.15) is 64.2 Å². The molecule has 0 aliphatic heterocycles. The second kappa shape index (κ2) is 6.86. The Bertz CT molecular complexity index is 810. The summed E-state index contributed by atoms with van der Waals surface area (Å²) in [5.74, 6) is -0.931. The number of methoxy groups -OCH3 is 1. The van der Waals surface area contributed by atoms with Crippen LogP contribution in [0.25, 0.3) is 0 Å². The molecule has 3 aliphatic rings. The fourth-order valence-corrected chi connectivity index (χ4v) is 7.20. The van der Waals surface area contributed by atoms with Crippen LogP contribution in [0.15, 0.2) is 16.7 Å². The van der Waals surface area contributed by atoms with Crippen LogP contribution in [0, 0.1) is 28.6 Å². The van der Waals surface area contributed by atoms with Crippen molar-refractivity contribution < 1.29 is 28.6 Å². The van der Waals surface area contributed by atoms with Crippen molar-refractivity contribution in [1.82, 2.24) is 0 Å². The van der Waals surface area contributed by atoms with E-state index >= 15 is 0 Å². The number of hydrogen-bond acceptors (Lipinski definition) is 6. The van der Waals surface area contributed by atoms with Gasteiger partial charge in [-0.25, -0.2) is 0 Å². The van der Waals surface area contributed by atoms with Crippen LogP contribution in [0.2, 0.25) is 0 Å². The molecule has 1 aromatic rings. The lowest BCUT2D eigenvalue weighted by Gasteiger charge is -2.64. The van der Waals surface area contributed by atoms with E-state index in [0.29, 0.717) is 6.42 Å². The summed E-state index contributed by atoms with van der Waals surface area (Å²) in [6.45, 7) is 8.05. The van der Waals surface area contributed by atoms with E-state index in [1.165, 1.54) is 14.0 Å². The van der Waals surface area contributed by atoms with E-state index in [1.54, 1.807) is 12.3 Å². The summed E-state index contributed by atoms with van der Waals surface area (Å²) in [5.41, 5.74) is 0.502. The van der Waals surface area contributed by atoms with Crippen LogP contribution in [-0.2, 0) is 25.5 Å². The molecule has 29 heavy (non-hydrogen) atoms. The van der Waals surface area contributed by atoms with Crippen molar-refractivity contribution in [1.29, 1.82) is 0 Å². The molecule has 1 heterocycles. The Morgan fingerprint density at radius 2 is 1.97 bits per heavy atom. The average Bonchev–Trinajstić information content (AvgIpc) is 3.10. The Morgan fingerprint density at radius 1 is 1.24 bits per heavy atom. The van der Waals surface area contributed by atoms with E-state index in [1.807, 2.05) is 0 Å². The molecule has 0 aromatic carbocycles. The summed E-state index contributed by atoms with van der Waals surface area (Å²) in [7, 11) is 1.37. The number of fused-ring (bicyclic) bond motifs is 4. The van der Waals surface area contributed by atoms with E-state index in [0.717, 1.165) is 30.6 Å². The lowest BCUT2D eigenvalue weighted by atomic mass is 9.42. The Morgan fingerprint density at radius 3 is 2.62 bits per heavy atom. The number of esters is 2. The third-order valence-electron chi connectivity index (χ3n) is 8.12. The molecule has 6 nitrogen and oxygen atoms in total. The highest BCUT2D eigenvalue weighted by Crippen LogP contribution is 2.65. The van der Waals surface area contributed by atoms with Gasteiger partial charge in [0, 0.05) is 30.7 Å². The maximum Gasteiger partial charge on any atom is 0.313 e. The third kappa shape index (κ3) is 2.94. The largest absolute Gasteiger partial charge is 0.469 e. The van der Waals surface area contributed by atoms with Gasteiger partial charge in [-0.1, -0.05) is 27.2 Å². The third-order valence-corrected chi connectivity index (χ3v) is 8.12. The van der Waals surface area contributed by atoms with E-state index in [-0.39, 0.29) is 34.6 Å². The van der Waals surface area contributed by atoms with Gasteiger partial charge < -0.3 is 19.0 Å². The molecule has 0 saturated heterocycles. The maximum atomic E-state index is 12.9. The van der Waals surface area contributed by atoms with Gasteiger partial charge in [-0.3, -0.25) is 9.59 Å². The minimum absolute atomic E-state index is 0.00120. The number of ether oxygens (including phenoxy) is 2. The molecule has 0 unspecified atom stereocenters. The minimum atomic E-state index is -0.938. The van der Waals surface area contributed by atoms with E-state index < -0.39 is 24.1 Å². The SMILES string of the molecule is COC(=O)[C@H]1c2ccoc2C[C@H]2[C@H]1[C@@H](O)[C@H](OC(C)=O)[C@H]1C(C)(C)CCC[C@]21C. The molecule has 2 fully saturated rings. The van der Waals surface area contributed by atoms with Gasteiger partial charge in [-0.2, -0.15) is 0 Å². The van der Waals surface area contributed by atoms with Gasteiger partial charge in [-0.15, -0.1) is 0 Å². The predicted molar refractivity (Wildman–Crippen MR) is 105 cm³/mol. The number of aliphatic hydroxyl groups excluding tert-OH is 1. The van der Waals surface area contributed by atoms with Crippen LogP contribution in [0.5, 0.6) is 0 Å². The van der Waals surface area contributed by atoms with Crippen molar-refractivity contribution in [3.8, 4) is 0 Å². The first-order chi connectivity index (χ1) is 13.6. The topological polar surface area (TPSA) is 86.0 Å². The number of carbonyl (C=O) groups is 2. The fraction of sp³-hybridized carbons (Fsp3) is 0.739. The van der Waals surface area contributed by atoms with Crippen molar-refractivity contribution >= 4 is 11.9 Å². The Labute approximate surface area is 171 Å². The zero-order chi connectivity index (χ0) is 21.1. The van der Waals surface area contributed by atoms with Gasteiger partial charge in [0.2, 0.25) is 0 Å². The van der Waals surface area contributed by atoms with Crippen molar-refractivity contribution in [2.75, 3.05) is 7.11 Å². The minimum Gasteiger partial charge on any atom is -0.469 e. The molecule has 1 N–H and O–H groups in total. The average molecular weight is 405 g/mol. The first-order valence-corrected chi connectivity index (χ1v) is 10.6. The van der Waals surface area contributed by atoms with Crippen molar-refractivity contribution in [2.24, 2.45) is 28.6 Å². The summed E-state index contributed by atoms with van der Waals surface area (Å²) < 4.78 is 16.7. The molecule has 0 radical (unpaired) electrons. The standard InChI is InChI=1S/C23H32O6/c1-12(24)29-19-18(25)17-14(23(4)9-6-8-22(2,3)20(19)23)11-15-13(7-10-28-15)16(17)21(26)27-5/h7,10,14,16-20,25H,6,8-9,11H2,1-5H3/t14-,16-,17+,18+,19-,20-,23+/m0/s1. The van der Waals surface area contributed by atoms with E-state index in [9.17, 15) is 14.7 Å². The van der Waals surface area contributed by atoms with Gasteiger partial charge in [0.15, 0.2) is 0 Å². The number of hydrogen-bond donors (Lipinski definition) is 1. The molecule has 7 atom stereocenters. The highest BCUT2D eigenvalue weighted by Gasteiger charge is 2.66. The molecule has 0 bridgehead atoms. The van der Waals surface area contributed by atoms with Gasteiger partial charge >= 0.3 is 11.9 Å². The van der Waals surface area contributed by atoms with E-state index in [4.69, 9.17) is 13.9 Å². The summed E-state index contributed by atoms with van der Waals surface area (Å²) in [4.78, 5) is 24.9. The van der Waals surface area contributed by atoms with Crippen LogP contribution in [-0.4, -0.2) is 36.4 Å². The lowest BCUT2D eigenvalue weighted by Crippen LogP contribution is -2.66. The van der Waals surface area contributed by atoms with Crippen molar-refractivity contribution in [2.45, 2.75) is 71.5 Å². The second-order valence-electron chi connectivity index (χ2n) is 10.1. The van der Waals surface area contributed by atoms with Gasteiger partial charge in [0.05, 0.1) is 25.4 Å². The zero-order valence-corrected chi connectivity index (χ0v) is 17.9. The normalized spacial score (nSPS) is 40.2. The Balaban J connectivity index is 1.89. The number of aliphatic hydroxyl groups is 1. The monoisotopic (exact) mass is 404 g/mol. The number of furan rings is 1. The quantitative estimate of drug-likeness (QED) is 0.760. The summed E-state index contributed by atoms with van der Waals surface area (Å²) in [6, 6.07) is 1.81. The zero-order valence-electron chi connectivity index (χ0n) is 17.9. The number of rotatable bonds is 2. The van der Waals surface area contributed by atoms with Crippen LogP contribution >= 0.6 is 0 Å². The molecule has 160 valence electrons. The van der Waals surface area contributed by atoms with Crippen LogP contribution < -0.4 is 0 Å². The van der Waals surface area contributed by atoms with Gasteiger partial charge in [0.1, 0.15) is 11.9 Å². The van der Waals surface area contributed by atoms with Gasteiger partial charge in [-0.05, 0) is 35.7 Å². The van der Waals surface area contributed by atoms with Gasteiger partial charge in [0.25, 0.3) is 0 Å². The Kier molecular flexibility index (Phi) is 4.84. The molecule has 6 heteroatoms. The highest BCUT2D eigenvalue weighted by atomic mass is 16.6. The first kappa shape index (κ1) is 20.5. The molecular formula is C23H32O6. The first-order valence-electron chi connectivity index (χ1n) is 10.6. The molecule has 4 rings (SSSR count). The maximum absolute atomic E-state index is 12.9. The molecule has 1 aromatic heterocycles. The van der Waals surface area contributed by atoms with Crippen molar-refractivity contribution in [3.05, 3.63) is 23.7 Å². The summed E-state index contributed by atoms with van der Waals surface area (Å²) in [5, 5.41) is 11.6. The van der Waals surface area contributed by atoms with E-state index in [2.05, 4.69) is 20.8 Å². The predicted octanol–water partition coefficient (Wildman–Crippen LogP) is 3.46. The molecule has 2 saturated carbocycles. The molecule has 3 aliphatic carbocycles. The molecule has 0 spiro atoms. The number of carbonyl (C=O) groups excluding carboxylic acids is 2. The second-order valence-corrected chi connectivity index (χ2v) is 10.1. The summed E-state index contributed by atoms with van der Waals surface area (Å²) >= 11 is 0. The van der Waals surface area contributed by atoms with Crippen LogP contribution in [0.3, 0.4) is 0 Å². The van der Waals surface area contributed by atoms with Crippen molar-refractivity contribution in [3.63, 3.8) is 0 Å². The summed E-state index contributed by atoms with van der Waals surface area (Å²) in [6.07, 6.45) is 3.76. The lowest BCUT2D eigenvalue weighted by molar-refractivity contribution is -0.230. The molecule has 0 amide bonds. The highest BCUT2D eigenvalue weighted by molar-refractivity contribution is 5.79. The fourth-order valence-electron chi connectivity index (χ4n) is 7.20. The molecular weight excluding hydrogens is 372 g/mol. The Hall–Kier alpha value is -1.82. The smallest absolute Gasteiger partial charge is 0.313 e.